The maximum atomic E-state index is 12.0. The molecular formula is C15H22N2O2. The van der Waals surface area contributed by atoms with Crippen molar-refractivity contribution < 1.29 is 9.53 Å². The molecule has 0 saturated heterocycles. The maximum absolute atomic E-state index is 12.0. The molecule has 2 rings (SSSR count). The van der Waals surface area contributed by atoms with E-state index in [0.717, 1.165) is 11.3 Å². The molecule has 0 bridgehead atoms. The first kappa shape index (κ1) is 13.9. The molecule has 1 aliphatic carbocycles. The van der Waals surface area contributed by atoms with Crippen LogP contribution in [0.2, 0.25) is 0 Å². The molecule has 1 fully saturated rings. The van der Waals surface area contributed by atoms with Crippen molar-refractivity contribution in [1.29, 1.82) is 0 Å². The fourth-order valence-electron chi connectivity index (χ4n) is 2.16. The molecule has 19 heavy (non-hydrogen) atoms. The Morgan fingerprint density at radius 3 is 2.53 bits per heavy atom. The smallest absolute Gasteiger partial charge is 0.237 e. The zero-order valence-electron chi connectivity index (χ0n) is 11.6. The van der Waals surface area contributed by atoms with Gasteiger partial charge in [0, 0.05) is 0 Å². The van der Waals surface area contributed by atoms with Crippen molar-refractivity contribution in [3.63, 3.8) is 0 Å². The van der Waals surface area contributed by atoms with Gasteiger partial charge in [0.05, 0.1) is 19.2 Å². The van der Waals surface area contributed by atoms with Crippen LogP contribution in [-0.4, -0.2) is 19.1 Å². The summed E-state index contributed by atoms with van der Waals surface area (Å²) in [4.78, 5) is 12.0. The first-order valence-corrected chi connectivity index (χ1v) is 6.85. The molecule has 3 N–H and O–H groups in total. The minimum atomic E-state index is -0.417. The van der Waals surface area contributed by atoms with Gasteiger partial charge in [-0.1, -0.05) is 19.1 Å². The standard InChI is InChI=1S/C15H22N2O2/c1-3-13(16)15(18)17-14(10-4-5-10)11-6-8-12(19-2)9-7-11/h6-10,13-14H,3-5,16H2,1-2H3,(H,17,18)/t13-,14?/m0/s1. The number of carbonyl (C=O) groups excluding carboxylic acids is 1. The molecule has 0 radical (unpaired) electrons. The lowest BCUT2D eigenvalue weighted by atomic mass is 10.0. The number of amides is 1. The van der Waals surface area contributed by atoms with Gasteiger partial charge < -0.3 is 15.8 Å². The van der Waals surface area contributed by atoms with Crippen LogP contribution in [0.25, 0.3) is 0 Å². The highest BCUT2D eigenvalue weighted by Gasteiger charge is 2.34. The predicted octanol–water partition coefficient (Wildman–Crippen LogP) is 2.00. The molecule has 1 aromatic carbocycles. The molecule has 1 aromatic rings. The van der Waals surface area contributed by atoms with Gasteiger partial charge in [0.25, 0.3) is 0 Å². The minimum absolute atomic E-state index is 0.0600. The van der Waals surface area contributed by atoms with Crippen LogP contribution in [0.5, 0.6) is 5.75 Å². The van der Waals surface area contributed by atoms with E-state index in [4.69, 9.17) is 10.5 Å². The van der Waals surface area contributed by atoms with Gasteiger partial charge in [0.15, 0.2) is 0 Å². The molecule has 0 spiro atoms. The average molecular weight is 262 g/mol. The first-order valence-electron chi connectivity index (χ1n) is 6.85. The number of rotatable bonds is 6. The third kappa shape index (κ3) is 3.47. The number of hydrogen-bond donors (Lipinski definition) is 2. The topological polar surface area (TPSA) is 64.4 Å². The summed E-state index contributed by atoms with van der Waals surface area (Å²) in [5.41, 5.74) is 6.90. The quantitative estimate of drug-likeness (QED) is 0.824. The molecule has 0 heterocycles. The first-order chi connectivity index (χ1) is 9.15. The Balaban J connectivity index is 2.08. The van der Waals surface area contributed by atoms with Crippen LogP contribution < -0.4 is 15.8 Å². The molecule has 1 amide bonds. The number of hydrogen-bond acceptors (Lipinski definition) is 3. The molecule has 2 atom stereocenters. The third-order valence-corrected chi connectivity index (χ3v) is 3.64. The van der Waals surface area contributed by atoms with E-state index in [1.807, 2.05) is 31.2 Å². The summed E-state index contributed by atoms with van der Waals surface area (Å²) in [7, 11) is 1.65. The van der Waals surface area contributed by atoms with Gasteiger partial charge in [-0.05, 0) is 42.9 Å². The van der Waals surface area contributed by atoms with Crippen molar-refractivity contribution in [1.82, 2.24) is 5.32 Å². The van der Waals surface area contributed by atoms with Crippen molar-refractivity contribution in [2.75, 3.05) is 7.11 Å². The fraction of sp³-hybridized carbons (Fsp3) is 0.533. The van der Waals surface area contributed by atoms with Gasteiger partial charge in [0.2, 0.25) is 5.91 Å². The molecular weight excluding hydrogens is 240 g/mol. The Bertz CT molecular complexity index is 426. The van der Waals surface area contributed by atoms with Crippen molar-refractivity contribution >= 4 is 5.91 Å². The number of methoxy groups -OCH3 is 1. The Labute approximate surface area is 114 Å². The lowest BCUT2D eigenvalue weighted by Crippen LogP contribution is -2.42. The summed E-state index contributed by atoms with van der Waals surface area (Å²) in [6.45, 7) is 1.92. The van der Waals surface area contributed by atoms with Crippen LogP contribution in [-0.2, 0) is 4.79 Å². The number of nitrogens with two attached hydrogens (primary N) is 1. The summed E-state index contributed by atoms with van der Waals surface area (Å²) in [6, 6.07) is 7.54. The highest BCUT2D eigenvalue weighted by atomic mass is 16.5. The van der Waals surface area contributed by atoms with Crippen molar-refractivity contribution in [2.45, 2.75) is 38.3 Å². The van der Waals surface area contributed by atoms with Gasteiger partial charge >= 0.3 is 0 Å². The molecule has 1 aliphatic rings. The number of nitrogens with one attached hydrogen (secondary N) is 1. The molecule has 0 aromatic heterocycles. The zero-order chi connectivity index (χ0) is 13.8. The van der Waals surface area contributed by atoms with Gasteiger partial charge in [0.1, 0.15) is 5.75 Å². The third-order valence-electron chi connectivity index (χ3n) is 3.64. The largest absolute Gasteiger partial charge is 0.497 e. The summed E-state index contributed by atoms with van der Waals surface area (Å²) in [5, 5.41) is 3.08. The minimum Gasteiger partial charge on any atom is -0.497 e. The predicted molar refractivity (Wildman–Crippen MR) is 74.9 cm³/mol. The lowest BCUT2D eigenvalue weighted by Gasteiger charge is -2.21. The van der Waals surface area contributed by atoms with E-state index in [1.54, 1.807) is 7.11 Å². The van der Waals surface area contributed by atoms with E-state index in [0.29, 0.717) is 12.3 Å². The Kier molecular flexibility index (Phi) is 4.43. The number of carbonyl (C=O) groups is 1. The van der Waals surface area contributed by atoms with E-state index < -0.39 is 6.04 Å². The summed E-state index contributed by atoms with van der Waals surface area (Å²) in [6.07, 6.45) is 2.99. The Morgan fingerprint density at radius 1 is 1.42 bits per heavy atom. The lowest BCUT2D eigenvalue weighted by molar-refractivity contribution is -0.123. The molecule has 104 valence electrons. The van der Waals surface area contributed by atoms with Crippen LogP contribution in [0.4, 0.5) is 0 Å². The summed E-state index contributed by atoms with van der Waals surface area (Å²) >= 11 is 0. The molecule has 0 aliphatic heterocycles. The Morgan fingerprint density at radius 2 is 2.05 bits per heavy atom. The van der Waals surface area contributed by atoms with Crippen LogP contribution >= 0.6 is 0 Å². The maximum Gasteiger partial charge on any atom is 0.237 e. The van der Waals surface area contributed by atoms with Gasteiger partial charge in [-0.15, -0.1) is 0 Å². The summed E-state index contributed by atoms with van der Waals surface area (Å²) < 4.78 is 5.15. The van der Waals surface area contributed by atoms with Gasteiger partial charge in [-0.3, -0.25) is 4.79 Å². The van der Waals surface area contributed by atoms with E-state index in [-0.39, 0.29) is 11.9 Å². The number of ether oxygens (including phenoxy) is 1. The van der Waals surface area contributed by atoms with E-state index >= 15 is 0 Å². The SMILES string of the molecule is CC[C@H](N)C(=O)NC(c1ccc(OC)cc1)C1CC1. The average Bonchev–Trinajstić information content (AvgIpc) is 3.28. The van der Waals surface area contributed by atoms with Crippen LogP contribution in [0.15, 0.2) is 24.3 Å². The van der Waals surface area contributed by atoms with Gasteiger partial charge in [-0.25, -0.2) is 0 Å². The van der Waals surface area contributed by atoms with Crippen molar-refractivity contribution in [2.24, 2.45) is 11.7 Å². The molecule has 4 nitrogen and oxygen atoms in total. The number of benzene rings is 1. The van der Waals surface area contributed by atoms with E-state index in [9.17, 15) is 4.79 Å². The monoisotopic (exact) mass is 262 g/mol. The second-order valence-corrected chi connectivity index (χ2v) is 5.11. The van der Waals surface area contributed by atoms with Crippen molar-refractivity contribution in [3.8, 4) is 5.75 Å². The second-order valence-electron chi connectivity index (χ2n) is 5.11. The van der Waals surface area contributed by atoms with E-state index in [2.05, 4.69) is 5.32 Å². The zero-order valence-corrected chi connectivity index (χ0v) is 11.6. The second kappa shape index (κ2) is 6.06. The highest BCUT2D eigenvalue weighted by molar-refractivity contribution is 5.81. The van der Waals surface area contributed by atoms with Gasteiger partial charge in [-0.2, -0.15) is 0 Å². The summed E-state index contributed by atoms with van der Waals surface area (Å²) in [5.74, 6) is 1.31. The normalized spacial score (nSPS) is 17.6. The molecule has 1 saturated carbocycles. The fourth-order valence-corrected chi connectivity index (χ4v) is 2.16. The van der Waals surface area contributed by atoms with Crippen LogP contribution in [0.3, 0.4) is 0 Å². The van der Waals surface area contributed by atoms with Crippen LogP contribution in [0.1, 0.15) is 37.8 Å². The van der Waals surface area contributed by atoms with Crippen LogP contribution in [0, 0.1) is 5.92 Å². The Hall–Kier alpha value is -1.55. The highest BCUT2D eigenvalue weighted by Crippen LogP contribution is 2.41. The van der Waals surface area contributed by atoms with E-state index in [1.165, 1.54) is 12.8 Å². The van der Waals surface area contributed by atoms with Crippen molar-refractivity contribution in [3.05, 3.63) is 29.8 Å². The molecule has 1 unspecified atom stereocenters. The molecule has 4 heteroatoms.